The lowest BCUT2D eigenvalue weighted by Gasteiger charge is -2.02. The standard InChI is InChI=1S/C4H11NS.ClH/c1-4-6-5(2)3;/h4H2,1-3H3;1H. The van der Waals surface area contributed by atoms with Crippen LogP contribution < -0.4 is 0 Å². The summed E-state index contributed by atoms with van der Waals surface area (Å²) in [7, 11) is 4.10. The number of hydrogen-bond acceptors (Lipinski definition) is 2. The van der Waals surface area contributed by atoms with Crippen LogP contribution in [0.4, 0.5) is 0 Å². The number of hydrogen-bond donors (Lipinski definition) is 0. The van der Waals surface area contributed by atoms with Gasteiger partial charge in [-0.15, -0.1) is 12.4 Å². The van der Waals surface area contributed by atoms with E-state index in [1.807, 2.05) is 26.0 Å². The van der Waals surface area contributed by atoms with Crippen molar-refractivity contribution in [3.05, 3.63) is 0 Å². The van der Waals surface area contributed by atoms with E-state index in [1.54, 1.807) is 0 Å². The summed E-state index contributed by atoms with van der Waals surface area (Å²) < 4.78 is 2.10. The molecule has 0 atom stereocenters. The summed E-state index contributed by atoms with van der Waals surface area (Å²) >= 11 is 1.82. The van der Waals surface area contributed by atoms with Gasteiger partial charge in [0.25, 0.3) is 0 Å². The summed E-state index contributed by atoms with van der Waals surface area (Å²) in [6.07, 6.45) is 0. The molecular formula is C4H12ClNS. The van der Waals surface area contributed by atoms with E-state index in [1.165, 1.54) is 5.75 Å². The highest BCUT2D eigenvalue weighted by Gasteiger charge is 1.79. The Morgan fingerprint density at radius 2 is 1.86 bits per heavy atom. The summed E-state index contributed by atoms with van der Waals surface area (Å²) in [5.41, 5.74) is 0. The first-order chi connectivity index (χ1) is 2.77. The van der Waals surface area contributed by atoms with Crippen molar-refractivity contribution < 1.29 is 0 Å². The van der Waals surface area contributed by atoms with Crippen molar-refractivity contribution >= 4 is 24.4 Å². The molecule has 0 bridgehead atoms. The van der Waals surface area contributed by atoms with E-state index in [4.69, 9.17) is 0 Å². The maximum atomic E-state index is 2.14. The van der Waals surface area contributed by atoms with E-state index in [2.05, 4.69) is 11.2 Å². The van der Waals surface area contributed by atoms with Crippen LogP contribution in [0.25, 0.3) is 0 Å². The monoisotopic (exact) mass is 141 g/mol. The van der Waals surface area contributed by atoms with Gasteiger partial charge in [-0.2, -0.15) is 0 Å². The molecule has 0 saturated carbocycles. The SMILES string of the molecule is CCSN(C)C.Cl. The molecule has 46 valence electrons. The van der Waals surface area contributed by atoms with Crippen LogP contribution in [0.3, 0.4) is 0 Å². The van der Waals surface area contributed by atoms with Crippen LogP contribution in [0.15, 0.2) is 0 Å². The van der Waals surface area contributed by atoms with Crippen LogP contribution >= 0.6 is 24.4 Å². The van der Waals surface area contributed by atoms with E-state index in [9.17, 15) is 0 Å². The molecule has 0 aliphatic rings. The molecule has 0 aliphatic carbocycles. The molecule has 0 aromatic carbocycles. The van der Waals surface area contributed by atoms with Gasteiger partial charge in [0.05, 0.1) is 0 Å². The zero-order valence-corrected chi connectivity index (χ0v) is 6.60. The number of rotatable bonds is 2. The van der Waals surface area contributed by atoms with Gasteiger partial charge in [-0.25, -0.2) is 0 Å². The Morgan fingerprint density at radius 1 is 1.43 bits per heavy atom. The van der Waals surface area contributed by atoms with Crippen LogP contribution in [0.5, 0.6) is 0 Å². The molecule has 3 heteroatoms. The Labute approximate surface area is 56.0 Å². The molecule has 0 spiro atoms. The summed E-state index contributed by atoms with van der Waals surface area (Å²) in [4.78, 5) is 0. The molecule has 0 unspecified atom stereocenters. The molecule has 0 aromatic heterocycles. The molecule has 0 rings (SSSR count). The Morgan fingerprint density at radius 3 is 1.86 bits per heavy atom. The first kappa shape index (κ1) is 10.6. The average Bonchev–Trinajstić information content (AvgIpc) is 1.35. The molecule has 0 N–H and O–H groups in total. The van der Waals surface area contributed by atoms with Gasteiger partial charge in [0, 0.05) is 5.75 Å². The summed E-state index contributed by atoms with van der Waals surface area (Å²) in [6, 6.07) is 0. The maximum Gasteiger partial charge on any atom is 0.00522 e. The first-order valence-electron chi connectivity index (χ1n) is 2.07. The summed E-state index contributed by atoms with van der Waals surface area (Å²) in [5.74, 6) is 1.17. The van der Waals surface area contributed by atoms with Crippen molar-refractivity contribution in [2.24, 2.45) is 0 Å². The van der Waals surface area contributed by atoms with Gasteiger partial charge in [0.1, 0.15) is 0 Å². The largest absolute Gasteiger partial charge is 0.257 e. The van der Waals surface area contributed by atoms with Gasteiger partial charge >= 0.3 is 0 Å². The van der Waals surface area contributed by atoms with Gasteiger partial charge in [0.15, 0.2) is 0 Å². The number of halogens is 1. The minimum Gasteiger partial charge on any atom is -0.257 e. The molecule has 0 radical (unpaired) electrons. The zero-order chi connectivity index (χ0) is 4.99. The maximum absolute atomic E-state index is 2.14. The third-order valence-electron chi connectivity index (χ3n) is 0.387. The Balaban J connectivity index is 0. The normalized spacial score (nSPS) is 8.57. The average molecular weight is 142 g/mol. The van der Waals surface area contributed by atoms with Crippen LogP contribution in [0.1, 0.15) is 6.92 Å². The second-order valence-electron chi connectivity index (χ2n) is 1.23. The van der Waals surface area contributed by atoms with Gasteiger partial charge in [-0.05, 0) is 14.1 Å². The summed E-state index contributed by atoms with van der Waals surface area (Å²) in [6.45, 7) is 2.14. The van der Waals surface area contributed by atoms with Crippen LogP contribution in [-0.2, 0) is 0 Å². The van der Waals surface area contributed by atoms with Gasteiger partial charge < -0.3 is 0 Å². The third-order valence-corrected chi connectivity index (χ3v) is 1.16. The fourth-order valence-electron chi connectivity index (χ4n) is 0.258. The van der Waals surface area contributed by atoms with E-state index in [0.29, 0.717) is 0 Å². The van der Waals surface area contributed by atoms with Crippen LogP contribution in [0.2, 0.25) is 0 Å². The molecule has 0 fully saturated rings. The highest BCUT2D eigenvalue weighted by molar-refractivity contribution is 7.96. The zero-order valence-electron chi connectivity index (χ0n) is 4.97. The molecule has 0 saturated heterocycles. The minimum atomic E-state index is 0. The fourth-order valence-corrected chi connectivity index (χ4v) is 0.775. The van der Waals surface area contributed by atoms with Crippen molar-refractivity contribution in [3.8, 4) is 0 Å². The Bertz CT molecular complexity index is 32.9. The van der Waals surface area contributed by atoms with Crippen LogP contribution in [-0.4, -0.2) is 24.2 Å². The van der Waals surface area contributed by atoms with E-state index < -0.39 is 0 Å². The van der Waals surface area contributed by atoms with E-state index in [0.717, 1.165) is 0 Å². The van der Waals surface area contributed by atoms with Crippen LogP contribution in [0, 0.1) is 0 Å². The van der Waals surface area contributed by atoms with Crippen molar-refractivity contribution in [1.82, 2.24) is 4.31 Å². The second-order valence-corrected chi connectivity index (χ2v) is 2.80. The van der Waals surface area contributed by atoms with Gasteiger partial charge in [-0.3, -0.25) is 4.31 Å². The van der Waals surface area contributed by atoms with E-state index >= 15 is 0 Å². The second kappa shape index (κ2) is 6.60. The summed E-state index contributed by atoms with van der Waals surface area (Å²) in [5, 5.41) is 0. The molecule has 0 aliphatic heterocycles. The highest BCUT2D eigenvalue weighted by Crippen LogP contribution is 1.98. The van der Waals surface area contributed by atoms with Gasteiger partial charge in [-0.1, -0.05) is 18.9 Å². The quantitative estimate of drug-likeness (QED) is 0.538. The molecule has 0 aromatic rings. The van der Waals surface area contributed by atoms with Crippen molar-refractivity contribution in [3.63, 3.8) is 0 Å². The fraction of sp³-hybridized carbons (Fsp3) is 1.00. The lowest BCUT2D eigenvalue weighted by molar-refractivity contribution is 0.703. The topological polar surface area (TPSA) is 3.24 Å². The molecule has 7 heavy (non-hydrogen) atoms. The molecule has 1 nitrogen and oxygen atoms in total. The number of nitrogens with zero attached hydrogens (tertiary/aromatic N) is 1. The third kappa shape index (κ3) is 10.8. The molecular weight excluding hydrogens is 130 g/mol. The lowest BCUT2D eigenvalue weighted by Crippen LogP contribution is -1.98. The Kier molecular flexibility index (Phi) is 9.95. The predicted molar refractivity (Wildman–Crippen MR) is 39.1 cm³/mol. The molecule has 0 amide bonds. The first-order valence-corrected chi connectivity index (χ1v) is 3.02. The highest BCUT2D eigenvalue weighted by atomic mass is 35.5. The smallest absolute Gasteiger partial charge is 0.00522 e. The minimum absolute atomic E-state index is 0. The molecule has 0 heterocycles. The lowest BCUT2D eigenvalue weighted by atomic mass is 11.0. The predicted octanol–water partition coefficient (Wildman–Crippen LogP) is 1.64. The van der Waals surface area contributed by atoms with Gasteiger partial charge in [0.2, 0.25) is 0 Å². The van der Waals surface area contributed by atoms with E-state index in [-0.39, 0.29) is 12.4 Å². The van der Waals surface area contributed by atoms with Crippen molar-refractivity contribution in [2.45, 2.75) is 6.92 Å². The van der Waals surface area contributed by atoms with Crippen molar-refractivity contribution in [1.29, 1.82) is 0 Å². The van der Waals surface area contributed by atoms with Crippen molar-refractivity contribution in [2.75, 3.05) is 19.8 Å². The Hall–Kier alpha value is 0.600.